The molecular formula is C22H20F4N4O3. The summed E-state index contributed by atoms with van der Waals surface area (Å²) in [4.78, 5) is 17.5. The summed E-state index contributed by atoms with van der Waals surface area (Å²) < 4.78 is 53.8. The summed E-state index contributed by atoms with van der Waals surface area (Å²) in [5.74, 6) is -0.464. The van der Waals surface area contributed by atoms with E-state index in [2.05, 4.69) is 10.2 Å². The number of benzene rings is 2. The van der Waals surface area contributed by atoms with Crippen LogP contribution in [0.15, 0.2) is 54.7 Å². The molecule has 2 aromatic carbocycles. The molecule has 0 spiro atoms. The van der Waals surface area contributed by atoms with Gasteiger partial charge in [-0.25, -0.2) is 9.18 Å². The Labute approximate surface area is 186 Å². The van der Waals surface area contributed by atoms with E-state index in [1.54, 1.807) is 18.2 Å². The fourth-order valence-electron chi connectivity index (χ4n) is 3.99. The summed E-state index contributed by atoms with van der Waals surface area (Å²) in [6.07, 6.45) is -4.36. The third-order valence-corrected chi connectivity index (χ3v) is 5.51. The van der Waals surface area contributed by atoms with Crippen molar-refractivity contribution < 1.29 is 32.3 Å². The molecule has 1 unspecified atom stereocenters. The van der Waals surface area contributed by atoms with Crippen LogP contribution >= 0.6 is 0 Å². The van der Waals surface area contributed by atoms with E-state index in [1.807, 2.05) is 4.90 Å². The smallest absolute Gasteiger partial charge is 0.448 e. The van der Waals surface area contributed by atoms with Gasteiger partial charge >= 0.3 is 12.3 Å². The molecule has 2 N–H and O–H groups in total. The second-order valence-electron chi connectivity index (χ2n) is 7.52. The molecule has 2 heterocycles. The standard InChI is InChI=1S/C22H20F4N4O3/c23-18-4-2-1-3-16(18)19-17(13-27-28-19)20(14-5-7-15(8-6-14)22(24,25)26)29-9-11-30(12-10-29)33-21(31)32/h1-8,13,20H,9-12H2,(H,27,28)(H,31,32). The predicted molar refractivity (Wildman–Crippen MR) is 110 cm³/mol. The zero-order valence-electron chi connectivity index (χ0n) is 17.2. The Morgan fingerprint density at radius 3 is 2.33 bits per heavy atom. The number of rotatable bonds is 5. The van der Waals surface area contributed by atoms with Gasteiger partial charge in [0.25, 0.3) is 0 Å². The lowest BCUT2D eigenvalue weighted by atomic mass is 9.93. The van der Waals surface area contributed by atoms with Crippen LogP contribution in [0, 0.1) is 5.82 Å². The molecule has 3 aromatic rings. The molecule has 174 valence electrons. The molecule has 4 rings (SSSR count). The zero-order chi connectivity index (χ0) is 23.6. The Bertz CT molecular complexity index is 1110. The van der Waals surface area contributed by atoms with Crippen molar-refractivity contribution in [1.29, 1.82) is 0 Å². The van der Waals surface area contributed by atoms with Gasteiger partial charge in [0, 0.05) is 37.3 Å². The predicted octanol–water partition coefficient (Wildman–Crippen LogP) is 4.55. The van der Waals surface area contributed by atoms with Gasteiger partial charge in [-0.2, -0.15) is 18.3 Å². The number of aromatic amines is 1. The van der Waals surface area contributed by atoms with E-state index in [9.17, 15) is 22.4 Å². The van der Waals surface area contributed by atoms with E-state index < -0.39 is 29.8 Å². The molecule has 7 nitrogen and oxygen atoms in total. The van der Waals surface area contributed by atoms with Crippen LogP contribution < -0.4 is 0 Å². The van der Waals surface area contributed by atoms with Crippen molar-refractivity contribution in [2.45, 2.75) is 12.2 Å². The van der Waals surface area contributed by atoms with Crippen molar-refractivity contribution in [3.05, 3.63) is 77.2 Å². The quantitative estimate of drug-likeness (QED) is 0.540. The van der Waals surface area contributed by atoms with Gasteiger partial charge in [0.2, 0.25) is 0 Å². The second kappa shape index (κ2) is 9.20. The molecular weight excluding hydrogens is 444 g/mol. The lowest BCUT2D eigenvalue weighted by Gasteiger charge is -2.38. The van der Waals surface area contributed by atoms with Crippen LogP contribution in [0.25, 0.3) is 11.3 Å². The highest BCUT2D eigenvalue weighted by atomic mass is 19.4. The van der Waals surface area contributed by atoms with Crippen LogP contribution in [0.5, 0.6) is 0 Å². The maximum Gasteiger partial charge on any atom is 0.525 e. The van der Waals surface area contributed by atoms with E-state index in [1.165, 1.54) is 29.5 Å². The number of carbonyl (C=O) groups is 1. The number of halogens is 4. The van der Waals surface area contributed by atoms with Gasteiger partial charge in [-0.15, -0.1) is 5.06 Å². The van der Waals surface area contributed by atoms with Crippen molar-refractivity contribution >= 4 is 6.16 Å². The normalized spacial score (nSPS) is 16.5. The molecule has 1 aliphatic rings. The molecule has 1 aromatic heterocycles. The van der Waals surface area contributed by atoms with Gasteiger partial charge < -0.3 is 9.94 Å². The van der Waals surface area contributed by atoms with Crippen LogP contribution in [0.4, 0.5) is 22.4 Å². The highest BCUT2D eigenvalue weighted by Crippen LogP contribution is 2.37. The second-order valence-corrected chi connectivity index (χ2v) is 7.52. The van der Waals surface area contributed by atoms with Gasteiger partial charge in [0.1, 0.15) is 5.82 Å². The lowest BCUT2D eigenvalue weighted by molar-refractivity contribution is -0.142. The van der Waals surface area contributed by atoms with Crippen LogP contribution in [0.1, 0.15) is 22.7 Å². The maximum atomic E-state index is 14.5. The number of hydrogen-bond donors (Lipinski definition) is 2. The number of hydroxylamine groups is 2. The topological polar surface area (TPSA) is 81.7 Å². The van der Waals surface area contributed by atoms with E-state index in [-0.39, 0.29) is 18.7 Å². The first-order chi connectivity index (χ1) is 15.7. The largest absolute Gasteiger partial charge is 0.525 e. The molecule has 0 aliphatic carbocycles. The van der Waals surface area contributed by atoms with Crippen molar-refractivity contribution in [3.63, 3.8) is 0 Å². The number of aromatic nitrogens is 2. The van der Waals surface area contributed by atoms with Crippen LogP contribution in [0.2, 0.25) is 0 Å². The fraction of sp³-hybridized carbons (Fsp3) is 0.273. The minimum absolute atomic E-state index is 0.260. The van der Waals surface area contributed by atoms with Crippen LogP contribution in [0.3, 0.4) is 0 Å². The molecule has 1 fully saturated rings. The van der Waals surface area contributed by atoms with Gasteiger partial charge in [-0.3, -0.25) is 10.00 Å². The molecule has 1 saturated heterocycles. The summed E-state index contributed by atoms with van der Waals surface area (Å²) in [7, 11) is 0. The molecule has 0 amide bonds. The highest BCUT2D eigenvalue weighted by molar-refractivity contribution is 5.65. The molecule has 0 bridgehead atoms. The van der Waals surface area contributed by atoms with Crippen LogP contribution in [-0.2, 0) is 11.0 Å². The third-order valence-electron chi connectivity index (χ3n) is 5.51. The Hall–Kier alpha value is -3.44. The molecule has 1 aliphatic heterocycles. The molecule has 1 atom stereocenters. The number of nitrogens with zero attached hydrogens (tertiary/aromatic N) is 3. The number of piperazine rings is 1. The van der Waals surface area contributed by atoms with Crippen LogP contribution in [-0.4, -0.2) is 57.6 Å². The SMILES string of the molecule is O=C(O)ON1CCN(C(c2ccc(C(F)(F)F)cc2)c2cn[nH]c2-c2ccccc2F)CC1. The van der Waals surface area contributed by atoms with Gasteiger partial charge in [0.05, 0.1) is 23.5 Å². The third kappa shape index (κ3) is 4.99. The summed E-state index contributed by atoms with van der Waals surface area (Å²) >= 11 is 0. The van der Waals surface area contributed by atoms with E-state index in [0.29, 0.717) is 29.9 Å². The van der Waals surface area contributed by atoms with Crippen molar-refractivity contribution in [2.24, 2.45) is 0 Å². The van der Waals surface area contributed by atoms with Crippen molar-refractivity contribution in [1.82, 2.24) is 20.2 Å². The molecule has 0 radical (unpaired) electrons. The first kappa shape index (κ1) is 22.7. The molecule has 0 saturated carbocycles. The number of hydrogen-bond acceptors (Lipinski definition) is 5. The number of carboxylic acid groups (broad SMARTS) is 1. The Balaban J connectivity index is 1.72. The van der Waals surface area contributed by atoms with E-state index >= 15 is 0 Å². The molecule has 11 heteroatoms. The Morgan fingerprint density at radius 1 is 1.06 bits per heavy atom. The summed E-state index contributed by atoms with van der Waals surface area (Å²) in [6, 6.07) is 10.4. The van der Waals surface area contributed by atoms with Gasteiger partial charge in [-0.1, -0.05) is 24.3 Å². The average Bonchev–Trinajstić information content (AvgIpc) is 3.24. The minimum atomic E-state index is -4.47. The van der Waals surface area contributed by atoms with Crippen molar-refractivity contribution in [2.75, 3.05) is 26.2 Å². The average molecular weight is 464 g/mol. The first-order valence-corrected chi connectivity index (χ1v) is 10.1. The molecule has 33 heavy (non-hydrogen) atoms. The van der Waals surface area contributed by atoms with Crippen molar-refractivity contribution in [3.8, 4) is 11.3 Å². The summed E-state index contributed by atoms with van der Waals surface area (Å²) in [5, 5.41) is 17.0. The Kier molecular flexibility index (Phi) is 6.34. The Morgan fingerprint density at radius 2 is 1.73 bits per heavy atom. The number of nitrogens with one attached hydrogen (secondary N) is 1. The van der Waals surface area contributed by atoms with Gasteiger partial charge in [0.15, 0.2) is 0 Å². The first-order valence-electron chi connectivity index (χ1n) is 10.1. The zero-order valence-corrected chi connectivity index (χ0v) is 17.2. The number of H-pyrrole nitrogens is 1. The maximum absolute atomic E-state index is 14.5. The fourth-order valence-corrected chi connectivity index (χ4v) is 3.99. The monoisotopic (exact) mass is 464 g/mol. The number of alkyl halides is 3. The summed E-state index contributed by atoms with van der Waals surface area (Å²) in [5.41, 5.74) is 1.09. The van der Waals surface area contributed by atoms with Gasteiger partial charge in [-0.05, 0) is 29.8 Å². The minimum Gasteiger partial charge on any atom is -0.448 e. The van der Waals surface area contributed by atoms with E-state index in [4.69, 9.17) is 9.94 Å². The summed E-state index contributed by atoms with van der Waals surface area (Å²) in [6.45, 7) is 1.24. The highest BCUT2D eigenvalue weighted by Gasteiger charge is 2.33. The lowest BCUT2D eigenvalue weighted by Crippen LogP contribution is -2.48. The van der Waals surface area contributed by atoms with E-state index in [0.717, 1.165) is 12.1 Å².